The third-order valence-corrected chi connectivity index (χ3v) is 0.726. The Morgan fingerprint density at radius 1 is 1.70 bits per heavy atom. The summed E-state index contributed by atoms with van der Waals surface area (Å²) in [6.07, 6.45) is -2.62. The maximum atomic E-state index is 11.4. The van der Waals surface area contributed by atoms with E-state index < -0.39 is 13.0 Å². The third kappa shape index (κ3) is 4.97. The molecule has 0 rings (SSSR count). The Balaban J connectivity index is 3.33. The van der Waals surface area contributed by atoms with E-state index in [1.807, 2.05) is 0 Å². The van der Waals surface area contributed by atoms with E-state index >= 15 is 0 Å². The van der Waals surface area contributed by atoms with Gasteiger partial charge in [-0.3, -0.25) is 5.41 Å². The van der Waals surface area contributed by atoms with Crippen molar-refractivity contribution in [3.05, 3.63) is 0 Å². The molecule has 10 heavy (non-hydrogen) atoms. The number of nitriles is 1. The molecule has 0 aromatic carbocycles. The molecule has 0 aromatic rings. The van der Waals surface area contributed by atoms with Gasteiger partial charge in [-0.05, 0) is 0 Å². The lowest BCUT2D eigenvalue weighted by Crippen LogP contribution is -2.27. The molecule has 0 unspecified atom stereocenters. The summed E-state index contributed by atoms with van der Waals surface area (Å²) in [5, 5.41) is 16.9. The van der Waals surface area contributed by atoms with Crippen molar-refractivity contribution in [2.24, 2.45) is 0 Å². The average molecular weight is 147 g/mol. The van der Waals surface area contributed by atoms with Crippen molar-refractivity contribution >= 4 is 5.84 Å². The van der Waals surface area contributed by atoms with Crippen LogP contribution in [-0.2, 0) is 0 Å². The van der Waals surface area contributed by atoms with Crippen LogP contribution in [0.4, 0.5) is 8.78 Å². The largest absolute Gasteiger partial charge is 0.367 e. The molecule has 2 N–H and O–H groups in total. The molecule has 0 atom stereocenters. The Morgan fingerprint density at radius 2 is 2.30 bits per heavy atom. The molecule has 0 amide bonds. The van der Waals surface area contributed by atoms with Gasteiger partial charge in [-0.2, -0.15) is 5.26 Å². The first kappa shape index (κ1) is 8.82. The van der Waals surface area contributed by atoms with E-state index in [0.29, 0.717) is 0 Å². The van der Waals surface area contributed by atoms with Gasteiger partial charge in [0.15, 0.2) is 0 Å². The van der Waals surface area contributed by atoms with Crippen LogP contribution < -0.4 is 5.32 Å². The van der Waals surface area contributed by atoms with E-state index in [4.69, 9.17) is 10.7 Å². The third-order valence-electron chi connectivity index (χ3n) is 0.726. The summed E-state index contributed by atoms with van der Waals surface area (Å²) >= 11 is 0. The first-order valence-corrected chi connectivity index (χ1v) is 2.63. The van der Waals surface area contributed by atoms with E-state index in [2.05, 4.69) is 5.32 Å². The van der Waals surface area contributed by atoms with Crippen molar-refractivity contribution in [1.29, 1.82) is 10.7 Å². The zero-order valence-electron chi connectivity index (χ0n) is 5.19. The molecule has 0 saturated heterocycles. The summed E-state index contributed by atoms with van der Waals surface area (Å²) < 4.78 is 22.8. The van der Waals surface area contributed by atoms with Crippen LogP contribution in [0.5, 0.6) is 0 Å². The van der Waals surface area contributed by atoms with E-state index in [1.165, 1.54) is 0 Å². The maximum absolute atomic E-state index is 11.4. The zero-order chi connectivity index (χ0) is 7.98. The molecule has 0 radical (unpaired) electrons. The molecule has 56 valence electrons. The number of hydrogen-bond donors (Lipinski definition) is 2. The number of halogens is 2. The number of amidine groups is 1. The van der Waals surface area contributed by atoms with Crippen LogP contribution in [0.15, 0.2) is 0 Å². The summed E-state index contributed by atoms with van der Waals surface area (Å²) in [5.41, 5.74) is 0. The average Bonchev–Trinajstić information content (AvgIpc) is 1.85. The fourth-order valence-electron chi connectivity index (χ4n) is 0.342. The Labute approximate surface area is 57.2 Å². The zero-order valence-corrected chi connectivity index (χ0v) is 5.19. The maximum Gasteiger partial charge on any atom is 0.255 e. The van der Waals surface area contributed by atoms with Crippen LogP contribution in [-0.4, -0.2) is 18.8 Å². The van der Waals surface area contributed by atoms with Crippen LogP contribution in [0.3, 0.4) is 0 Å². The van der Waals surface area contributed by atoms with Crippen LogP contribution in [0, 0.1) is 16.7 Å². The first-order valence-electron chi connectivity index (χ1n) is 2.63. The van der Waals surface area contributed by atoms with Crippen molar-refractivity contribution in [3.8, 4) is 6.07 Å². The summed E-state index contributed by atoms with van der Waals surface area (Å²) in [4.78, 5) is 0. The van der Waals surface area contributed by atoms with Gasteiger partial charge >= 0.3 is 0 Å². The highest BCUT2D eigenvalue weighted by Gasteiger charge is 2.01. The minimum atomic E-state index is -2.47. The van der Waals surface area contributed by atoms with E-state index in [0.717, 1.165) is 0 Å². The van der Waals surface area contributed by atoms with Crippen molar-refractivity contribution in [2.45, 2.75) is 12.8 Å². The van der Waals surface area contributed by atoms with Gasteiger partial charge in [0.25, 0.3) is 6.43 Å². The Bertz CT molecular complexity index is 149. The molecular formula is C5H7F2N3. The molecule has 5 heteroatoms. The van der Waals surface area contributed by atoms with Crippen LogP contribution in [0.25, 0.3) is 0 Å². The van der Waals surface area contributed by atoms with Gasteiger partial charge in [0.1, 0.15) is 5.84 Å². The van der Waals surface area contributed by atoms with Crippen molar-refractivity contribution in [2.75, 3.05) is 6.54 Å². The van der Waals surface area contributed by atoms with Gasteiger partial charge in [-0.15, -0.1) is 0 Å². The van der Waals surface area contributed by atoms with Gasteiger partial charge < -0.3 is 5.32 Å². The van der Waals surface area contributed by atoms with Gasteiger partial charge in [-0.1, -0.05) is 0 Å². The first-order chi connectivity index (χ1) is 4.66. The van der Waals surface area contributed by atoms with Crippen LogP contribution in [0.2, 0.25) is 0 Å². The molecule has 0 aliphatic carbocycles. The summed E-state index contributed by atoms with van der Waals surface area (Å²) in [7, 11) is 0. The van der Waals surface area contributed by atoms with Crippen LogP contribution in [0.1, 0.15) is 6.42 Å². The quantitative estimate of drug-likeness (QED) is 0.456. The number of alkyl halides is 2. The SMILES string of the molecule is N#CCC(=N)NCC(F)F. The molecule has 0 aliphatic rings. The van der Waals surface area contributed by atoms with Gasteiger partial charge in [0.05, 0.1) is 19.0 Å². The monoisotopic (exact) mass is 147 g/mol. The summed E-state index contributed by atoms with van der Waals surface area (Å²) in [5.74, 6) is -0.164. The molecule has 3 nitrogen and oxygen atoms in total. The molecule has 0 heterocycles. The lowest BCUT2D eigenvalue weighted by Gasteiger charge is -2.01. The predicted molar refractivity (Wildman–Crippen MR) is 32.0 cm³/mol. The second-order valence-corrected chi connectivity index (χ2v) is 1.59. The molecule has 0 bridgehead atoms. The fraction of sp³-hybridized carbons (Fsp3) is 0.600. The normalized spacial score (nSPS) is 9.00. The second kappa shape index (κ2) is 4.68. The van der Waals surface area contributed by atoms with Crippen molar-refractivity contribution in [1.82, 2.24) is 5.32 Å². The van der Waals surface area contributed by atoms with Gasteiger partial charge in [-0.25, -0.2) is 8.78 Å². The van der Waals surface area contributed by atoms with Gasteiger partial charge in [0, 0.05) is 0 Å². The molecule has 0 aliphatic heterocycles. The lowest BCUT2D eigenvalue weighted by atomic mass is 10.4. The Hall–Kier alpha value is -1.18. The Kier molecular flexibility index (Phi) is 4.12. The Morgan fingerprint density at radius 3 is 2.70 bits per heavy atom. The van der Waals surface area contributed by atoms with Crippen LogP contribution >= 0.6 is 0 Å². The van der Waals surface area contributed by atoms with Crippen molar-refractivity contribution in [3.63, 3.8) is 0 Å². The summed E-state index contributed by atoms with van der Waals surface area (Å²) in [6.45, 7) is -0.555. The lowest BCUT2D eigenvalue weighted by molar-refractivity contribution is 0.152. The smallest absolute Gasteiger partial charge is 0.255 e. The highest BCUT2D eigenvalue weighted by Crippen LogP contribution is 1.88. The van der Waals surface area contributed by atoms with E-state index in [1.54, 1.807) is 6.07 Å². The highest BCUT2D eigenvalue weighted by atomic mass is 19.3. The predicted octanol–water partition coefficient (Wildman–Crippen LogP) is 0.732. The minimum absolute atomic E-state index is 0.146. The molecule has 0 saturated carbocycles. The van der Waals surface area contributed by atoms with Gasteiger partial charge in [0.2, 0.25) is 0 Å². The number of nitrogens with zero attached hydrogens (tertiary/aromatic N) is 1. The topological polar surface area (TPSA) is 59.7 Å². The standard InChI is InChI=1S/C5H7F2N3/c6-4(7)3-10-5(9)1-2-8/h4H,1,3H2,(H2,9,10). The molecule has 0 fully saturated rings. The number of nitrogens with one attached hydrogen (secondary N) is 2. The second-order valence-electron chi connectivity index (χ2n) is 1.59. The molecular weight excluding hydrogens is 140 g/mol. The molecule has 0 spiro atoms. The number of rotatable bonds is 3. The van der Waals surface area contributed by atoms with E-state index in [9.17, 15) is 8.78 Å². The van der Waals surface area contributed by atoms with E-state index in [-0.39, 0.29) is 12.3 Å². The minimum Gasteiger partial charge on any atom is -0.367 e. The van der Waals surface area contributed by atoms with Crippen molar-refractivity contribution < 1.29 is 8.78 Å². The fourth-order valence-corrected chi connectivity index (χ4v) is 0.342. The number of hydrogen-bond acceptors (Lipinski definition) is 2. The molecule has 0 aromatic heterocycles. The summed E-state index contributed by atoms with van der Waals surface area (Å²) in [6, 6.07) is 1.66. The highest BCUT2D eigenvalue weighted by molar-refractivity contribution is 5.80.